The molecule has 2 aromatic rings. The quantitative estimate of drug-likeness (QED) is 0.915. The van der Waals surface area contributed by atoms with Gasteiger partial charge in [0, 0.05) is 4.88 Å². The number of anilines is 1. The van der Waals surface area contributed by atoms with Gasteiger partial charge in [-0.1, -0.05) is 11.3 Å². The number of thiophene rings is 1. The number of nitrogens with zero attached hydrogens (tertiary/aromatic N) is 2. The van der Waals surface area contributed by atoms with Crippen LogP contribution in [0.2, 0.25) is 0 Å². The summed E-state index contributed by atoms with van der Waals surface area (Å²) >= 11 is 5.31. The first-order valence-electron chi connectivity index (χ1n) is 4.34. The summed E-state index contributed by atoms with van der Waals surface area (Å²) in [6.45, 7) is 0.433. The molecule has 0 radical (unpaired) electrons. The predicted molar refractivity (Wildman–Crippen MR) is 64.3 cm³/mol. The Morgan fingerprint density at radius 2 is 2.00 bits per heavy atom. The van der Waals surface area contributed by atoms with Crippen molar-refractivity contribution in [2.75, 3.05) is 5.32 Å². The van der Waals surface area contributed by atoms with Gasteiger partial charge in [-0.05, 0) is 28.1 Å². The largest absolute Gasteiger partial charge is 0.445 e. The molecule has 92 valence electrons. The highest BCUT2D eigenvalue weighted by Gasteiger charge is 2.35. The summed E-state index contributed by atoms with van der Waals surface area (Å²) in [7, 11) is 0. The molecule has 2 rings (SSSR count). The Hall–Kier alpha value is -0.670. The second kappa shape index (κ2) is 4.91. The second-order valence-corrected chi connectivity index (χ2v) is 6.49. The fourth-order valence-electron chi connectivity index (χ4n) is 1.02. The number of hydrogen-bond acceptors (Lipinski definition) is 5. The maximum absolute atomic E-state index is 12.2. The maximum Gasteiger partial charge on any atom is 0.445 e. The number of halogens is 4. The predicted octanol–water partition coefficient (Wildman–Crippen LogP) is 3.99. The van der Waals surface area contributed by atoms with Crippen LogP contribution in [-0.4, -0.2) is 10.2 Å². The van der Waals surface area contributed by atoms with Crippen LogP contribution in [0.4, 0.5) is 18.3 Å². The van der Waals surface area contributed by atoms with Crippen LogP contribution in [0.3, 0.4) is 0 Å². The fourth-order valence-corrected chi connectivity index (χ4v) is 3.05. The lowest BCUT2D eigenvalue weighted by atomic mass is 10.5. The zero-order chi connectivity index (χ0) is 12.5. The van der Waals surface area contributed by atoms with Crippen LogP contribution in [-0.2, 0) is 12.7 Å². The van der Waals surface area contributed by atoms with Crippen molar-refractivity contribution >= 4 is 43.7 Å². The Morgan fingerprint density at radius 3 is 2.53 bits per heavy atom. The molecule has 1 N–H and O–H groups in total. The number of alkyl halides is 3. The third-order valence-electron chi connectivity index (χ3n) is 1.71. The lowest BCUT2D eigenvalue weighted by molar-refractivity contribution is -0.138. The van der Waals surface area contributed by atoms with Gasteiger partial charge in [-0.25, -0.2) is 0 Å². The van der Waals surface area contributed by atoms with Crippen molar-refractivity contribution in [2.24, 2.45) is 0 Å². The fraction of sp³-hybridized carbons (Fsp3) is 0.250. The molecule has 0 aliphatic carbocycles. The lowest BCUT2D eigenvalue weighted by Gasteiger charge is -1.99. The van der Waals surface area contributed by atoms with E-state index in [-0.39, 0.29) is 5.13 Å². The normalized spacial score (nSPS) is 11.8. The molecule has 0 spiro atoms. The van der Waals surface area contributed by atoms with E-state index < -0.39 is 11.2 Å². The molecule has 9 heteroatoms. The van der Waals surface area contributed by atoms with Crippen molar-refractivity contribution in [3.05, 3.63) is 25.8 Å². The van der Waals surface area contributed by atoms with Gasteiger partial charge in [0.15, 0.2) is 0 Å². The molecule has 0 saturated heterocycles. The number of aromatic nitrogens is 2. The van der Waals surface area contributed by atoms with E-state index in [4.69, 9.17) is 0 Å². The van der Waals surface area contributed by atoms with Crippen molar-refractivity contribution in [1.29, 1.82) is 0 Å². The van der Waals surface area contributed by atoms with Gasteiger partial charge in [0.2, 0.25) is 10.1 Å². The Kier molecular flexibility index (Phi) is 3.69. The van der Waals surface area contributed by atoms with E-state index in [1.165, 1.54) is 11.3 Å². The van der Waals surface area contributed by atoms with Crippen molar-refractivity contribution in [3.8, 4) is 0 Å². The van der Waals surface area contributed by atoms with Crippen LogP contribution < -0.4 is 5.32 Å². The molecule has 2 heterocycles. The molecule has 0 aromatic carbocycles. The molecule has 0 aliphatic rings. The SMILES string of the molecule is FC(F)(F)c1nnc(NCc2ccc(Br)s2)s1. The molecule has 0 atom stereocenters. The standard InChI is InChI=1S/C8H5BrF3N3S2/c9-5-2-1-4(16-5)3-13-7-15-14-6(17-7)8(10,11)12/h1-2H,3H2,(H,13,15). The van der Waals surface area contributed by atoms with Crippen molar-refractivity contribution in [2.45, 2.75) is 12.7 Å². The summed E-state index contributed by atoms with van der Waals surface area (Å²) in [5.41, 5.74) is 0. The van der Waals surface area contributed by atoms with Crippen LogP contribution in [0.5, 0.6) is 0 Å². The minimum atomic E-state index is -4.43. The van der Waals surface area contributed by atoms with E-state index in [1.807, 2.05) is 12.1 Å². The molecular weight excluding hydrogens is 339 g/mol. The summed E-state index contributed by atoms with van der Waals surface area (Å²) in [5.74, 6) is 0. The molecule has 0 fully saturated rings. The molecule has 3 nitrogen and oxygen atoms in total. The average molecular weight is 344 g/mol. The van der Waals surface area contributed by atoms with Gasteiger partial charge >= 0.3 is 6.18 Å². The Morgan fingerprint density at radius 1 is 1.24 bits per heavy atom. The van der Waals surface area contributed by atoms with Gasteiger partial charge in [0.25, 0.3) is 0 Å². The number of nitrogens with one attached hydrogen (secondary N) is 1. The van der Waals surface area contributed by atoms with Crippen molar-refractivity contribution in [1.82, 2.24) is 10.2 Å². The van der Waals surface area contributed by atoms with E-state index in [0.29, 0.717) is 17.9 Å². The Labute approximate surface area is 111 Å². The van der Waals surface area contributed by atoms with Crippen LogP contribution in [0.1, 0.15) is 9.88 Å². The second-order valence-electron chi connectivity index (χ2n) is 2.97. The highest BCUT2D eigenvalue weighted by Crippen LogP contribution is 2.33. The first-order chi connectivity index (χ1) is 7.95. The minimum Gasteiger partial charge on any atom is -0.355 e. The number of rotatable bonds is 3. The Bertz CT molecular complexity index is 508. The van der Waals surface area contributed by atoms with E-state index in [1.54, 1.807) is 0 Å². The molecule has 17 heavy (non-hydrogen) atoms. The van der Waals surface area contributed by atoms with Crippen LogP contribution in [0.25, 0.3) is 0 Å². The molecule has 0 saturated carbocycles. The lowest BCUT2D eigenvalue weighted by Crippen LogP contribution is -2.03. The molecule has 0 bridgehead atoms. The summed E-state index contributed by atoms with van der Waals surface area (Å²) < 4.78 is 37.7. The summed E-state index contributed by atoms with van der Waals surface area (Å²) in [4.78, 5) is 1.00. The van der Waals surface area contributed by atoms with Crippen LogP contribution in [0, 0.1) is 0 Å². The van der Waals surface area contributed by atoms with E-state index in [2.05, 4.69) is 31.4 Å². The first kappa shape index (κ1) is 12.8. The first-order valence-corrected chi connectivity index (χ1v) is 6.76. The highest BCUT2D eigenvalue weighted by atomic mass is 79.9. The third-order valence-corrected chi connectivity index (χ3v) is 4.26. The van der Waals surface area contributed by atoms with E-state index in [9.17, 15) is 13.2 Å². The van der Waals surface area contributed by atoms with Crippen LogP contribution >= 0.6 is 38.6 Å². The van der Waals surface area contributed by atoms with Gasteiger partial charge in [-0.15, -0.1) is 21.5 Å². The van der Waals surface area contributed by atoms with Gasteiger partial charge < -0.3 is 5.32 Å². The third kappa shape index (κ3) is 3.39. The van der Waals surface area contributed by atoms with E-state index >= 15 is 0 Å². The van der Waals surface area contributed by atoms with Gasteiger partial charge in [-0.2, -0.15) is 13.2 Å². The van der Waals surface area contributed by atoms with Gasteiger partial charge in [0.05, 0.1) is 10.3 Å². The number of hydrogen-bond donors (Lipinski definition) is 1. The highest BCUT2D eigenvalue weighted by molar-refractivity contribution is 9.11. The minimum absolute atomic E-state index is 0.168. The zero-order valence-corrected chi connectivity index (χ0v) is 11.3. The zero-order valence-electron chi connectivity index (χ0n) is 8.08. The maximum atomic E-state index is 12.2. The molecule has 0 aliphatic heterocycles. The van der Waals surface area contributed by atoms with Crippen molar-refractivity contribution in [3.63, 3.8) is 0 Å². The monoisotopic (exact) mass is 343 g/mol. The van der Waals surface area contributed by atoms with Gasteiger partial charge in [0.1, 0.15) is 0 Å². The Balaban J connectivity index is 1.98. The molecular formula is C8H5BrF3N3S2. The van der Waals surface area contributed by atoms with Crippen molar-refractivity contribution < 1.29 is 13.2 Å². The van der Waals surface area contributed by atoms with Gasteiger partial charge in [-0.3, -0.25) is 0 Å². The smallest absolute Gasteiger partial charge is 0.355 e. The van der Waals surface area contributed by atoms with Crippen LogP contribution in [0.15, 0.2) is 15.9 Å². The topological polar surface area (TPSA) is 37.8 Å². The molecule has 0 unspecified atom stereocenters. The molecule has 0 amide bonds. The van der Waals surface area contributed by atoms with E-state index in [0.717, 1.165) is 8.66 Å². The summed E-state index contributed by atoms with van der Waals surface area (Å²) in [6, 6.07) is 3.76. The average Bonchev–Trinajstić information content (AvgIpc) is 2.82. The molecule has 2 aromatic heterocycles. The summed E-state index contributed by atoms with van der Waals surface area (Å²) in [6.07, 6.45) is -4.43. The summed E-state index contributed by atoms with van der Waals surface area (Å²) in [5, 5.41) is 8.55.